The first-order valence-corrected chi connectivity index (χ1v) is 9.65. The highest BCUT2D eigenvalue weighted by Gasteiger charge is 2.51. The largest absolute Gasteiger partial charge is 0.508 e. The first-order valence-electron chi connectivity index (χ1n) is 9.65. The summed E-state index contributed by atoms with van der Waals surface area (Å²) in [6.45, 7) is 6.02. The molecule has 1 aromatic heterocycles. The molecule has 1 aliphatic carbocycles. The van der Waals surface area contributed by atoms with Crippen molar-refractivity contribution in [3.8, 4) is 5.75 Å². The number of aromatic hydroxyl groups is 1. The van der Waals surface area contributed by atoms with E-state index in [0.29, 0.717) is 23.8 Å². The predicted octanol–water partition coefficient (Wildman–Crippen LogP) is 4.68. The minimum atomic E-state index is 0.348. The Balaban J connectivity index is 1.70. The van der Waals surface area contributed by atoms with E-state index in [1.807, 2.05) is 12.1 Å². The second kappa shape index (κ2) is 5.26. The summed E-state index contributed by atoms with van der Waals surface area (Å²) >= 11 is 0. The van der Waals surface area contributed by atoms with Gasteiger partial charge in [0.2, 0.25) is 0 Å². The van der Waals surface area contributed by atoms with Crippen molar-refractivity contribution in [1.82, 2.24) is 4.90 Å². The fourth-order valence-electron chi connectivity index (χ4n) is 6.06. The first-order chi connectivity index (χ1) is 11.7. The van der Waals surface area contributed by atoms with Gasteiger partial charge >= 0.3 is 0 Å². The van der Waals surface area contributed by atoms with Gasteiger partial charge in [-0.25, -0.2) is 0 Å². The lowest BCUT2D eigenvalue weighted by Gasteiger charge is -2.54. The van der Waals surface area contributed by atoms with Gasteiger partial charge in [0.25, 0.3) is 0 Å². The van der Waals surface area contributed by atoms with Gasteiger partial charge in [0.15, 0.2) is 0 Å². The van der Waals surface area contributed by atoms with Gasteiger partial charge in [0.1, 0.15) is 17.1 Å². The zero-order valence-electron chi connectivity index (χ0n) is 14.7. The Morgan fingerprint density at radius 1 is 1.29 bits per heavy atom. The Bertz CT molecular complexity index is 779. The predicted molar refractivity (Wildman–Crippen MR) is 95.4 cm³/mol. The highest BCUT2D eigenvalue weighted by atomic mass is 16.3. The molecule has 6 rings (SSSR count). The Hall–Kier alpha value is -1.48. The van der Waals surface area contributed by atoms with Crippen molar-refractivity contribution < 1.29 is 9.52 Å². The summed E-state index contributed by atoms with van der Waals surface area (Å²) in [5, 5.41) is 11.1. The van der Waals surface area contributed by atoms with Crippen LogP contribution in [-0.2, 0) is 6.42 Å². The van der Waals surface area contributed by atoms with Crippen LogP contribution in [0.15, 0.2) is 22.6 Å². The van der Waals surface area contributed by atoms with Gasteiger partial charge in [-0.15, -0.1) is 0 Å². The Labute approximate surface area is 143 Å². The van der Waals surface area contributed by atoms with E-state index in [-0.39, 0.29) is 0 Å². The number of rotatable bonds is 2. The van der Waals surface area contributed by atoms with Crippen LogP contribution in [0.5, 0.6) is 5.75 Å². The summed E-state index contributed by atoms with van der Waals surface area (Å²) in [6, 6.07) is 6.86. The third-order valence-corrected chi connectivity index (χ3v) is 6.81. The molecule has 128 valence electrons. The molecule has 2 unspecified atom stereocenters. The number of furan rings is 1. The molecule has 3 fully saturated rings. The van der Waals surface area contributed by atoms with E-state index in [2.05, 4.69) is 18.7 Å². The molecule has 1 N–H and O–H groups in total. The summed E-state index contributed by atoms with van der Waals surface area (Å²) in [5.41, 5.74) is 2.34. The van der Waals surface area contributed by atoms with Crippen molar-refractivity contribution >= 4 is 11.0 Å². The third kappa shape index (κ3) is 2.00. The number of hydrogen-bond acceptors (Lipinski definition) is 3. The average molecular weight is 325 g/mol. The molecule has 3 aliphatic heterocycles. The molecule has 4 aliphatic rings. The quantitative estimate of drug-likeness (QED) is 0.871. The Kier molecular flexibility index (Phi) is 3.25. The van der Waals surface area contributed by atoms with E-state index in [1.54, 1.807) is 6.07 Å². The molecule has 1 aromatic carbocycles. The maximum Gasteiger partial charge on any atom is 0.134 e. The van der Waals surface area contributed by atoms with Gasteiger partial charge in [-0.1, -0.05) is 20.3 Å². The topological polar surface area (TPSA) is 36.6 Å². The van der Waals surface area contributed by atoms with E-state index < -0.39 is 0 Å². The van der Waals surface area contributed by atoms with Crippen LogP contribution >= 0.6 is 0 Å². The second-order valence-corrected chi connectivity index (χ2v) is 8.38. The molecule has 6 atom stereocenters. The molecule has 0 spiro atoms. The molecular formula is C21H27NO2. The van der Waals surface area contributed by atoms with Gasteiger partial charge in [-0.3, -0.25) is 4.90 Å². The number of hydrogen-bond donors (Lipinski definition) is 1. The fourth-order valence-corrected chi connectivity index (χ4v) is 6.06. The number of benzene rings is 1. The summed E-state index contributed by atoms with van der Waals surface area (Å²) in [6.07, 6.45) is 6.23. The summed E-state index contributed by atoms with van der Waals surface area (Å²) < 4.78 is 6.40. The smallest absolute Gasteiger partial charge is 0.134 e. The van der Waals surface area contributed by atoms with Crippen LogP contribution in [0.25, 0.3) is 11.0 Å². The third-order valence-electron chi connectivity index (χ3n) is 6.81. The minimum absolute atomic E-state index is 0.348. The fraction of sp³-hybridized carbons (Fsp3) is 0.619. The van der Waals surface area contributed by atoms with Crippen LogP contribution in [0.1, 0.15) is 56.8 Å². The lowest BCUT2D eigenvalue weighted by Crippen LogP contribution is -2.58. The van der Waals surface area contributed by atoms with Crippen LogP contribution in [-0.4, -0.2) is 28.6 Å². The van der Waals surface area contributed by atoms with Crippen molar-refractivity contribution in [2.75, 3.05) is 6.54 Å². The van der Waals surface area contributed by atoms with E-state index in [4.69, 9.17) is 4.42 Å². The Morgan fingerprint density at radius 2 is 2.17 bits per heavy atom. The van der Waals surface area contributed by atoms with Crippen molar-refractivity contribution in [2.45, 2.75) is 64.0 Å². The van der Waals surface area contributed by atoms with E-state index in [1.165, 1.54) is 43.6 Å². The first kappa shape index (κ1) is 14.8. The molecule has 2 aromatic rings. The lowest BCUT2D eigenvalue weighted by molar-refractivity contribution is -0.0375. The van der Waals surface area contributed by atoms with Crippen molar-refractivity contribution in [1.29, 1.82) is 0 Å². The minimum Gasteiger partial charge on any atom is -0.508 e. The molecular weight excluding hydrogens is 298 g/mol. The molecule has 0 amide bonds. The van der Waals surface area contributed by atoms with Gasteiger partial charge in [0.05, 0.1) is 0 Å². The van der Waals surface area contributed by atoms with Gasteiger partial charge in [0, 0.05) is 35.5 Å². The zero-order valence-corrected chi connectivity index (χ0v) is 14.7. The molecule has 4 heterocycles. The molecule has 3 nitrogen and oxygen atoms in total. The SMILES string of the molecule is CCC[C@H]1Cc2c(oc3ccc(O)cc23)[C@@H]2C[C@@H]3C[C@H](C)C2N1C3. The number of phenolic OH excluding ortho intramolecular Hbond substituents is 1. The number of piperidine rings is 2. The Morgan fingerprint density at radius 3 is 2.96 bits per heavy atom. The average Bonchev–Trinajstić information content (AvgIpc) is 2.87. The second-order valence-electron chi connectivity index (χ2n) is 8.38. The number of nitrogens with zero attached hydrogens (tertiary/aromatic N) is 1. The van der Waals surface area contributed by atoms with Crippen molar-refractivity contribution in [3.05, 3.63) is 29.5 Å². The van der Waals surface area contributed by atoms with Crippen LogP contribution in [0.3, 0.4) is 0 Å². The van der Waals surface area contributed by atoms with Gasteiger partial charge < -0.3 is 9.52 Å². The van der Waals surface area contributed by atoms with E-state index >= 15 is 0 Å². The maximum absolute atomic E-state index is 9.97. The van der Waals surface area contributed by atoms with Crippen molar-refractivity contribution in [3.63, 3.8) is 0 Å². The van der Waals surface area contributed by atoms with Crippen LogP contribution in [0.4, 0.5) is 0 Å². The number of phenols is 1. The van der Waals surface area contributed by atoms with Crippen LogP contribution < -0.4 is 0 Å². The van der Waals surface area contributed by atoms with E-state index in [0.717, 1.165) is 29.2 Å². The molecule has 3 heteroatoms. The highest BCUT2D eigenvalue weighted by molar-refractivity contribution is 5.84. The molecule has 1 saturated carbocycles. The van der Waals surface area contributed by atoms with E-state index in [9.17, 15) is 5.11 Å². The summed E-state index contributed by atoms with van der Waals surface area (Å²) in [4.78, 5) is 2.83. The van der Waals surface area contributed by atoms with Crippen LogP contribution in [0.2, 0.25) is 0 Å². The van der Waals surface area contributed by atoms with Crippen molar-refractivity contribution in [2.24, 2.45) is 11.8 Å². The standard InChI is InChI=1S/C21H27NO2/c1-3-4-14-9-17-16-10-15(23)5-6-19(16)24-21(17)18-8-13-7-12(2)20(18)22(14)11-13/h5-6,10,12-14,18,20,23H,3-4,7-9,11H2,1-2H3/t12-,13-,14-,18+,20?/m0/s1. The van der Waals surface area contributed by atoms with Gasteiger partial charge in [-0.2, -0.15) is 0 Å². The lowest BCUT2D eigenvalue weighted by atomic mass is 9.66. The number of fused-ring (bicyclic) bond motifs is 4. The molecule has 0 radical (unpaired) electrons. The zero-order chi connectivity index (χ0) is 16.4. The monoisotopic (exact) mass is 325 g/mol. The molecule has 2 saturated heterocycles. The summed E-state index contributed by atoms with van der Waals surface area (Å²) in [7, 11) is 0. The summed E-state index contributed by atoms with van der Waals surface area (Å²) in [5.74, 6) is 3.70. The maximum atomic E-state index is 9.97. The molecule has 24 heavy (non-hydrogen) atoms. The molecule has 4 bridgehead atoms. The normalized spacial score (nSPS) is 37.4. The van der Waals surface area contributed by atoms with Crippen LogP contribution in [0, 0.1) is 11.8 Å². The highest BCUT2D eigenvalue weighted by Crippen LogP contribution is 2.52. The van der Waals surface area contributed by atoms with Gasteiger partial charge in [-0.05, 0) is 55.7 Å².